The van der Waals surface area contributed by atoms with Gasteiger partial charge in [0.15, 0.2) is 0 Å². The highest BCUT2D eigenvalue weighted by Gasteiger charge is 2.24. The number of carbonyl (C=O) groups is 2. The molecular formula is C62H121NO5. The van der Waals surface area contributed by atoms with Gasteiger partial charge in [-0.05, 0) is 51.4 Å². The fourth-order valence-corrected chi connectivity index (χ4v) is 9.90. The van der Waals surface area contributed by atoms with Gasteiger partial charge < -0.3 is 20.3 Å². The molecule has 0 aromatic rings. The maximum absolute atomic E-state index is 13.3. The van der Waals surface area contributed by atoms with Crippen molar-refractivity contribution in [1.29, 1.82) is 0 Å². The summed E-state index contributed by atoms with van der Waals surface area (Å²) >= 11 is 0. The Hall–Kier alpha value is -1.40. The molecule has 6 nitrogen and oxygen atoms in total. The number of hydrogen-bond donors (Lipinski definition) is 3. The van der Waals surface area contributed by atoms with E-state index in [0.717, 1.165) is 44.9 Å². The van der Waals surface area contributed by atoms with Crippen molar-refractivity contribution in [3.63, 3.8) is 0 Å². The third kappa shape index (κ3) is 51.0. The third-order valence-corrected chi connectivity index (χ3v) is 14.6. The zero-order chi connectivity index (χ0) is 49.5. The Balaban J connectivity index is 4.48. The lowest BCUT2D eigenvalue weighted by Gasteiger charge is -2.24. The molecule has 3 atom stereocenters. The lowest BCUT2D eigenvalue weighted by atomic mass is 10.0. The molecule has 0 aliphatic carbocycles. The number of amides is 1. The minimum Gasteiger partial charge on any atom is -0.462 e. The molecule has 0 rings (SSSR count). The Kier molecular flexibility index (Phi) is 55.3. The van der Waals surface area contributed by atoms with Crippen LogP contribution in [0.25, 0.3) is 0 Å². The van der Waals surface area contributed by atoms with Crippen LogP contribution >= 0.6 is 0 Å². The highest BCUT2D eigenvalue weighted by molar-refractivity contribution is 5.77. The van der Waals surface area contributed by atoms with Crippen LogP contribution in [0.15, 0.2) is 12.2 Å². The Morgan fingerprint density at radius 2 is 0.706 bits per heavy atom. The first-order valence-electron chi connectivity index (χ1n) is 30.9. The molecule has 0 saturated heterocycles. The van der Waals surface area contributed by atoms with E-state index in [9.17, 15) is 19.8 Å². The van der Waals surface area contributed by atoms with Gasteiger partial charge in [-0.1, -0.05) is 296 Å². The number of unbranched alkanes of at least 4 members (excludes halogenated alkanes) is 43. The summed E-state index contributed by atoms with van der Waals surface area (Å²) in [5.74, 6) is -0.452. The molecule has 0 radical (unpaired) electrons. The minimum absolute atomic E-state index is 0.0843. The fraction of sp³-hybridized carbons (Fsp3) is 0.935. The average molecular weight is 961 g/mol. The first-order valence-corrected chi connectivity index (χ1v) is 30.9. The molecule has 0 aromatic heterocycles. The second kappa shape index (κ2) is 56.5. The van der Waals surface area contributed by atoms with Crippen molar-refractivity contribution >= 4 is 11.9 Å². The molecule has 68 heavy (non-hydrogen) atoms. The normalized spacial score (nSPS) is 13.1. The molecule has 1 amide bonds. The van der Waals surface area contributed by atoms with Gasteiger partial charge >= 0.3 is 5.97 Å². The monoisotopic (exact) mass is 960 g/mol. The van der Waals surface area contributed by atoms with E-state index in [2.05, 4.69) is 38.2 Å². The van der Waals surface area contributed by atoms with Crippen LogP contribution in [-0.4, -0.2) is 46.9 Å². The van der Waals surface area contributed by atoms with Crippen molar-refractivity contribution in [1.82, 2.24) is 5.32 Å². The van der Waals surface area contributed by atoms with E-state index in [-0.39, 0.29) is 24.9 Å². The number of aliphatic hydroxyl groups excluding tert-OH is 2. The summed E-state index contributed by atoms with van der Waals surface area (Å²) in [4.78, 5) is 26.3. The molecule has 0 spiro atoms. The summed E-state index contributed by atoms with van der Waals surface area (Å²) < 4.78 is 5.98. The minimum atomic E-state index is -0.784. The van der Waals surface area contributed by atoms with Crippen molar-refractivity contribution < 1.29 is 24.5 Å². The Bertz CT molecular complexity index is 1030. The predicted octanol–water partition coefficient (Wildman–Crippen LogP) is 19.2. The summed E-state index contributed by atoms with van der Waals surface area (Å²) in [6.07, 6.45) is 65.7. The Morgan fingerprint density at radius 1 is 0.412 bits per heavy atom. The van der Waals surface area contributed by atoms with Crippen molar-refractivity contribution in [3.05, 3.63) is 12.2 Å². The van der Waals surface area contributed by atoms with Gasteiger partial charge in [0.05, 0.1) is 25.2 Å². The fourth-order valence-electron chi connectivity index (χ4n) is 9.90. The van der Waals surface area contributed by atoms with E-state index in [1.165, 1.54) is 257 Å². The van der Waals surface area contributed by atoms with Crippen molar-refractivity contribution in [2.45, 2.75) is 366 Å². The molecule has 0 heterocycles. The number of carbonyl (C=O) groups excluding carboxylic acids is 2. The highest BCUT2D eigenvalue weighted by atomic mass is 16.5. The maximum Gasteiger partial charge on any atom is 0.306 e. The van der Waals surface area contributed by atoms with Crippen LogP contribution in [0.1, 0.15) is 348 Å². The summed E-state index contributed by atoms with van der Waals surface area (Å²) in [6, 6.07) is -0.697. The van der Waals surface area contributed by atoms with Crippen LogP contribution in [-0.2, 0) is 14.3 Å². The van der Waals surface area contributed by atoms with Crippen LogP contribution in [0.3, 0.4) is 0 Å². The second-order valence-electron chi connectivity index (χ2n) is 21.5. The summed E-state index contributed by atoms with van der Waals surface area (Å²) in [7, 11) is 0. The Labute approximate surface area is 425 Å². The first-order chi connectivity index (χ1) is 33.5. The highest BCUT2D eigenvalue weighted by Crippen LogP contribution is 2.19. The van der Waals surface area contributed by atoms with Crippen molar-refractivity contribution in [3.8, 4) is 0 Å². The lowest BCUT2D eigenvalue weighted by Crippen LogP contribution is -2.46. The van der Waals surface area contributed by atoms with Crippen LogP contribution in [0.5, 0.6) is 0 Å². The quantitative estimate of drug-likeness (QED) is 0.0321. The van der Waals surface area contributed by atoms with Gasteiger partial charge in [0.1, 0.15) is 6.10 Å². The molecule has 0 saturated carbocycles. The van der Waals surface area contributed by atoms with Crippen LogP contribution in [0, 0.1) is 0 Å². The predicted molar refractivity (Wildman–Crippen MR) is 297 cm³/mol. The van der Waals surface area contributed by atoms with Gasteiger partial charge in [0, 0.05) is 6.42 Å². The molecular weight excluding hydrogens is 839 g/mol. The maximum atomic E-state index is 13.3. The third-order valence-electron chi connectivity index (χ3n) is 14.6. The van der Waals surface area contributed by atoms with E-state index < -0.39 is 18.2 Å². The van der Waals surface area contributed by atoms with E-state index in [1.807, 2.05) is 0 Å². The molecule has 0 aromatic carbocycles. The second-order valence-corrected chi connectivity index (χ2v) is 21.5. The van der Waals surface area contributed by atoms with E-state index in [0.29, 0.717) is 19.3 Å². The van der Waals surface area contributed by atoms with E-state index >= 15 is 0 Å². The molecule has 3 N–H and O–H groups in total. The van der Waals surface area contributed by atoms with Crippen LogP contribution in [0.2, 0.25) is 0 Å². The SMILES string of the molecule is CCCCCCCC/C=C/CCCCCCCCCC(=O)OC(CCCCCCCCCCCCCCCCC)CC(=O)NC(CO)C(O)CCCCCCCCCCCCCCCCCCC. The molecule has 6 heteroatoms. The zero-order valence-electron chi connectivity index (χ0n) is 46.3. The molecule has 404 valence electrons. The van der Waals surface area contributed by atoms with Crippen LogP contribution in [0.4, 0.5) is 0 Å². The zero-order valence-corrected chi connectivity index (χ0v) is 46.3. The van der Waals surface area contributed by atoms with Crippen molar-refractivity contribution in [2.24, 2.45) is 0 Å². The van der Waals surface area contributed by atoms with E-state index in [4.69, 9.17) is 4.74 Å². The first kappa shape index (κ1) is 66.6. The molecule has 3 unspecified atom stereocenters. The number of nitrogens with one attached hydrogen (secondary N) is 1. The number of allylic oxidation sites excluding steroid dienone is 2. The number of esters is 1. The number of aliphatic hydroxyl groups is 2. The summed E-state index contributed by atoms with van der Waals surface area (Å²) in [6.45, 7) is 6.54. The molecule has 0 fully saturated rings. The molecule has 0 bridgehead atoms. The lowest BCUT2D eigenvalue weighted by molar-refractivity contribution is -0.151. The standard InChI is InChI=1S/C62H121NO5/c1-4-7-10-13-16-19-22-25-28-30-33-36-39-42-45-48-51-54-60(65)59(57-64)63-61(66)56-58(53-50-47-44-41-38-35-32-27-24-21-18-15-12-9-6-3)68-62(67)55-52-49-46-43-40-37-34-31-29-26-23-20-17-14-11-8-5-2/h26,29,58-60,64-65H,4-25,27-28,30-57H2,1-3H3,(H,63,66)/b29-26+. The van der Waals surface area contributed by atoms with Crippen LogP contribution < -0.4 is 5.32 Å². The number of hydrogen-bond acceptors (Lipinski definition) is 5. The van der Waals surface area contributed by atoms with Gasteiger partial charge in [-0.25, -0.2) is 0 Å². The molecule has 0 aliphatic rings. The number of ether oxygens (including phenoxy) is 1. The molecule has 0 aliphatic heterocycles. The van der Waals surface area contributed by atoms with Gasteiger partial charge in [0.25, 0.3) is 0 Å². The average Bonchev–Trinajstić information content (AvgIpc) is 3.33. The smallest absolute Gasteiger partial charge is 0.306 e. The summed E-state index contributed by atoms with van der Waals surface area (Å²) in [5, 5.41) is 24.0. The van der Waals surface area contributed by atoms with E-state index in [1.54, 1.807) is 0 Å². The summed E-state index contributed by atoms with van der Waals surface area (Å²) in [5.41, 5.74) is 0. The largest absolute Gasteiger partial charge is 0.462 e. The van der Waals surface area contributed by atoms with Gasteiger partial charge in [-0.15, -0.1) is 0 Å². The van der Waals surface area contributed by atoms with Gasteiger partial charge in [-0.3, -0.25) is 9.59 Å². The topological polar surface area (TPSA) is 95.9 Å². The Morgan fingerprint density at radius 3 is 1.04 bits per heavy atom. The number of rotatable bonds is 57. The van der Waals surface area contributed by atoms with Crippen molar-refractivity contribution in [2.75, 3.05) is 6.61 Å². The van der Waals surface area contributed by atoms with Gasteiger partial charge in [0.2, 0.25) is 5.91 Å². The van der Waals surface area contributed by atoms with Gasteiger partial charge in [-0.2, -0.15) is 0 Å².